The molecule has 0 aromatic carbocycles. The van der Waals surface area contributed by atoms with Crippen molar-refractivity contribution in [2.45, 2.75) is 258 Å². The summed E-state index contributed by atoms with van der Waals surface area (Å²) >= 11 is 1.51. The molecule has 0 bridgehead atoms. The number of hydrogen-bond donors (Lipinski definition) is 0. The monoisotopic (exact) mass is 837 g/mol. The summed E-state index contributed by atoms with van der Waals surface area (Å²) in [5, 5.41) is 0.240. The summed E-state index contributed by atoms with van der Waals surface area (Å²) < 4.78 is 11.5. The van der Waals surface area contributed by atoms with Crippen molar-refractivity contribution < 1.29 is 23.9 Å². The number of carbonyl (C=O) groups is 3. The van der Waals surface area contributed by atoms with Crippen LogP contribution >= 0.6 is 11.8 Å². The third-order valence-electron chi connectivity index (χ3n) is 12.0. The van der Waals surface area contributed by atoms with Crippen molar-refractivity contribution in [2.24, 2.45) is 0 Å². The summed E-state index contributed by atoms with van der Waals surface area (Å²) in [6.45, 7) is 12.5. The van der Waals surface area contributed by atoms with E-state index in [-0.39, 0.29) is 23.3 Å². The summed E-state index contributed by atoms with van der Waals surface area (Å²) in [5.41, 5.74) is 0. The fraction of sp³-hybridized carbons (Fsp3) is 0.940. The molecule has 1 aliphatic heterocycles. The first-order valence-electron chi connectivity index (χ1n) is 25.5. The number of unbranched alkanes of at least 4 members (excludes halogenated alkanes) is 24. The van der Waals surface area contributed by atoms with E-state index >= 15 is 0 Å². The third kappa shape index (κ3) is 35.5. The van der Waals surface area contributed by atoms with Crippen molar-refractivity contribution in [3.05, 3.63) is 0 Å². The second-order valence-electron chi connectivity index (χ2n) is 17.6. The lowest BCUT2D eigenvalue weighted by Gasteiger charge is -2.22. The molecule has 0 N–H and O–H groups in total. The molecular formula is C50H96N2O5S. The molecule has 0 radical (unpaired) electrons. The Morgan fingerprint density at radius 2 is 0.948 bits per heavy atom. The predicted molar refractivity (Wildman–Crippen MR) is 250 cm³/mol. The van der Waals surface area contributed by atoms with Crippen molar-refractivity contribution in [3.8, 4) is 0 Å². The number of nitrogens with zero attached hydrogens (tertiary/aromatic N) is 2. The second-order valence-corrected chi connectivity index (χ2v) is 18.7. The molecule has 0 aliphatic carbocycles. The Bertz CT molecular complexity index is 914. The molecule has 1 aliphatic rings. The maximum atomic E-state index is 13.3. The van der Waals surface area contributed by atoms with E-state index in [2.05, 4.69) is 30.6 Å². The topological polar surface area (TPSA) is 76.1 Å². The molecule has 0 atom stereocenters. The van der Waals surface area contributed by atoms with Crippen molar-refractivity contribution in [1.82, 2.24) is 9.80 Å². The first-order valence-corrected chi connectivity index (χ1v) is 26.5. The van der Waals surface area contributed by atoms with Crippen LogP contribution in [0.2, 0.25) is 0 Å². The molecule has 0 unspecified atom stereocenters. The zero-order valence-corrected chi connectivity index (χ0v) is 39.6. The molecule has 0 aromatic heterocycles. The number of ether oxygens (including phenoxy) is 2. The number of rotatable bonds is 43. The van der Waals surface area contributed by atoms with Gasteiger partial charge in [0.25, 0.3) is 5.24 Å². The number of hydrogen-bond acceptors (Lipinski definition) is 7. The normalized spacial score (nSPS) is 13.1. The Kier molecular flexibility index (Phi) is 40.0. The molecule has 1 heterocycles. The molecule has 0 spiro atoms. The largest absolute Gasteiger partial charge is 0.466 e. The van der Waals surface area contributed by atoms with Crippen molar-refractivity contribution in [3.63, 3.8) is 0 Å². The van der Waals surface area contributed by atoms with E-state index < -0.39 is 0 Å². The summed E-state index contributed by atoms with van der Waals surface area (Å²) in [5.74, 6) is 0.852. The van der Waals surface area contributed by atoms with Gasteiger partial charge in [-0.15, -0.1) is 0 Å². The number of likely N-dealkylation sites (tertiary alicyclic amines) is 1. The highest BCUT2D eigenvalue weighted by Crippen LogP contribution is 2.20. The zero-order chi connectivity index (χ0) is 42.0. The van der Waals surface area contributed by atoms with Gasteiger partial charge in [0.15, 0.2) is 0 Å². The van der Waals surface area contributed by atoms with Gasteiger partial charge in [-0.1, -0.05) is 174 Å². The van der Waals surface area contributed by atoms with Gasteiger partial charge in [0.2, 0.25) is 0 Å². The highest BCUT2D eigenvalue weighted by atomic mass is 32.2. The third-order valence-corrected chi connectivity index (χ3v) is 13.0. The van der Waals surface area contributed by atoms with Crippen LogP contribution in [0.4, 0.5) is 4.79 Å². The van der Waals surface area contributed by atoms with Gasteiger partial charge in [-0.2, -0.15) is 0 Å². The number of esters is 2. The van der Waals surface area contributed by atoms with Gasteiger partial charge >= 0.3 is 11.9 Å². The van der Waals surface area contributed by atoms with Crippen molar-refractivity contribution in [1.29, 1.82) is 0 Å². The fourth-order valence-corrected chi connectivity index (χ4v) is 8.99. The van der Waals surface area contributed by atoms with Crippen LogP contribution in [-0.2, 0) is 19.1 Å². The van der Waals surface area contributed by atoms with Gasteiger partial charge in [0, 0.05) is 31.7 Å². The lowest BCUT2D eigenvalue weighted by atomic mass is 10.0. The van der Waals surface area contributed by atoms with E-state index in [1.165, 1.54) is 147 Å². The summed E-state index contributed by atoms with van der Waals surface area (Å²) in [6, 6.07) is 0. The van der Waals surface area contributed by atoms with E-state index in [0.717, 1.165) is 122 Å². The molecule has 7 nitrogen and oxygen atoms in total. The first kappa shape index (κ1) is 54.7. The maximum Gasteiger partial charge on any atom is 0.306 e. The molecule has 1 rings (SSSR count). The van der Waals surface area contributed by atoms with Gasteiger partial charge < -0.3 is 19.3 Å². The van der Waals surface area contributed by atoms with Gasteiger partial charge in [-0.25, -0.2) is 0 Å². The van der Waals surface area contributed by atoms with Gasteiger partial charge in [0.05, 0.1) is 6.61 Å². The average Bonchev–Trinajstić information content (AvgIpc) is 3.75. The van der Waals surface area contributed by atoms with Crippen LogP contribution in [0, 0.1) is 0 Å². The summed E-state index contributed by atoms with van der Waals surface area (Å²) in [6.07, 6.45) is 41.1. The van der Waals surface area contributed by atoms with Crippen LogP contribution in [0.1, 0.15) is 252 Å². The average molecular weight is 837 g/mol. The Balaban J connectivity index is 2.32. The van der Waals surface area contributed by atoms with E-state index in [1.54, 1.807) is 0 Å². The Hall–Kier alpha value is -1.28. The van der Waals surface area contributed by atoms with Crippen LogP contribution < -0.4 is 0 Å². The standard InChI is InChI=1S/C50H96N2O5S/c1-4-7-10-13-16-25-34-45-56-48(53)38-28-21-17-23-30-43-52(50(55)58-46-35-42-51-40-32-33-41-51)44-31-24-18-22-29-39-49(54)57-47(36-26-19-14-11-8-5-2)37-27-20-15-12-9-6-3/h47H,4-46H2,1-3H3. The molecule has 1 amide bonds. The minimum Gasteiger partial charge on any atom is -0.466 e. The minimum absolute atomic E-state index is 0.000714. The van der Waals surface area contributed by atoms with Crippen LogP contribution in [0.15, 0.2) is 0 Å². The molecule has 1 saturated heterocycles. The molecular weight excluding hydrogens is 741 g/mol. The van der Waals surface area contributed by atoms with Crippen LogP contribution in [0.5, 0.6) is 0 Å². The molecule has 8 heteroatoms. The Labute approximate surface area is 364 Å². The Morgan fingerprint density at radius 1 is 0.517 bits per heavy atom. The number of thioether (sulfide) groups is 1. The lowest BCUT2D eigenvalue weighted by Crippen LogP contribution is -2.30. The molecule has 0 aromatic rings. The summed E-state index contributed by atoms with van der Waals surface area (Å²) in [4.78, 5) is 42.9. The molecule has 0 saturated carbocycles. The second kappa shape index (κ2) is 42.4. The zero-order valence-electron chi connectivity index (χ0n) is 38.8. The number of carbonyl (C=O) groups excluding carboxylic acids is 3. The molecule has 342 valence electrons. The molecule has 58 heavy (non-hydrogen) atoms. The van der Waals surface area contributed by atoms with E-state index in [9.17, 15) is 14.4 Å². The van der Waals surface area contributed by atoms with E-state index in [4.69, 9.17) is 9.47 Å². The first-order chi connectivity index (χ1) is 28.5. The SMILES string of the molecule is CCCCCCCCCOC(=O)CCCCCCCN(CCCCCCCC(=O)OC(CCCCCCCC)CCCCCCCC)C(=O)SCCCN1CCCC1. The van der Waals surface area contributed by atoms with Crippen molar-refractivity contribution in [2.75, 3.05) is 45.1 Å². The van der Waals surface area contributed by atoms with Gasteiger partial charge in [0.1, 0.15) is 6.10 Å². The van der Waals surface area contributed by atoms with Crippen molar-refractivity contribution >= 4 is 28.9 Å². The fourth-order valence-electron chi connectivity index (χ4n) is 8.17. The predicted octanol–water partition coefficient (Wildman–Crippen LogP) is 15.0. The highest BCUT2D eigenvalue weighted by Gasteiger charge is 2.17. The maximum absolute atomic E-state index is 13.3. The van der Waals surface area contributed by atoms with Gasteiger partial charge in [-0.05, 0) is 96.7 Å². The Morgan fingerprint density at radius 3 is 1.47 bits per heavy atom. The smallest absolute Gasteiger partial charge is 0.306 e. The van der Waals surface area contributed by atoms with E-state index in [1.807, 2.05) is 0 Å². The number of amides is 1. The lowest BCUT2D eigenvalue weighted by molar-refractivity contribution is -0.150. The van der Waals surface area contributed by atoms with Crippen LogP contribution in [0.3, 0.4) is 0 Å². The minimum atomic E-state index is -0.0457. The highest BCUT2D eigenvalue weighted by molar-refractivity contribution is 8.13. The van der Waals surface area contributed by atoms with Gasteiger partial charge in [-0.3, -0.25) is 14.4 Å². The van der Waals surface area contributed by atoms with Crippen LogP contribution in [-0.4, -0.2) is 78.2 Å². The van der Waals surface area contributed by atoms with E-state index in [0.29, 0.717) is 19.4 Å². The quantitative estimate of drug-likeness (QED) is 0.0447. The summed E-state index contributed by atoms with van der Waals surface area (Å²) in [7, 11) is 0. The molecule has 1 fully saturated rings. The van der Waals surface area contributed by atoms with Crippen LogP contribution in [0.25, 0.3) is 0 Å².